The molecule has 3 nitrogen and oxygen atoms in total. The Morgan fingerprint density at radius 3 is 2.47 bits per heavy atom. The predicted molar refractivity (Wildman–Crippen MR) is 125 cm³/mol. The quantitative estimate of drug-likeness (QED) is 0.418. The van der Waals surface area contributed by atoms with E-state index in [2.05, 4.69) is 55.5 Å². The molecule has 0 saturated carbocycles. The highest BCUT2D eigenvalue weighted by atomic mass is 32.1. The van der Waals surface area contributed by atoms with Gasteiger partial charge in [-0.3, -0.25) is 9.36 Å². The number of aryl methyl sites for hydroxylation is 3. The second kappa shape index (κ2) is 8.19. The van der Waals surface area contributed by atoms with Crippen LogP contribution in [0.2, 0.25) is 0 Å². The van der Waals surface area contributed by atoms with Crippen molar-refractivity contribution in [3.8, 4) is 0 Å². The average Bonchev–Trinajstić information content (AvgIpc) is 3.18. The number of benzene rings is 2. The monoisotopic (exact) mass is 414 g/mol. The molecular weight excluding hydrogens is 388 g/mol. The van der Waals surface area contributed by atoms with Gasteiger partial charge in [0.25, 0.3) is 5.56 Å². The molecule has 0 amide bonds. The molecular formula is C26H26N2OS. The van der Waals surface area contributed by atoms with Crippen LogP contribution >= 0.6 is 11.3 Å². The van der Waals surface area contributed by atoms with Gasteiger partial charge >= 0.3 is 0 Å². The van der Waals surface area contributed by atoms with Crippen molar-refractivity contribution in [2.24, 2.45) is 0 Å². The van der Waals surface area contributed by atoms with Crippen LogP contribution in [0.3, 0.4) is 0 Å². The van der Waals surface area contributed by atoms with E-state index in [0.717, 1.165) is 35.3 Å². The molecule has 5 rings (SSSR count). The lowest BCUT2D eigenvalue weighted by molar-refractivity contribution is 0.599. The highest BCUT2D eigenvalue weighted by molar-refractivity contribution is 7.18. The minimum absolute atomic E-state index is 0.0678. The Labute approximate surface area is 181 Å². The molecule has 0 radical (unpaired) electrons. The molecule has 0 saturated heterocycles. The molecule has 0 spiro atoms. The van der Waals surface area contributed by atoms with Crippen LogP contribution in [0.5, 0.6) is 0 Å². The lowest BCUT2D eigenvalue weighted by atomic mass is 9.96. The Morgan fingerprint density at radius 1 is 1.00 bits per heavy atom. The standard InChI is InChI=1S/C26H26N2OS/c1-18(20-12-6-3-7-13-20)24-27-25-23(21-14-8-9-15-22(21)30-25)26(29)28(24)17-16-19-10-4-2-5-11-19/h2-7,10-13,18H,8-9,14-17H2,1H3. The number of nitrogens with zero attached hydrogens (tertiary/aromatic N) is 2. The molecule has 0 aliphatic heterocycles. The first kappa shape index (κ1) is 19.3. The summed E-state index contributed by atoms with van der Waals surface area (Å²) in [5.74, 6) is 0.950. The van der Waals surface area contributed by atoms with E-state index in [4.69, 9.17) is 4.98 Å². The fourth-order valence-corrected chi connectivity index (χ4v) is 5.84. The third-order valence-corrected chi connectivity index (χ3v) is 7.44. The second-order valence-corrected chi connectivity index (χ2v) is 9.27. The first-order valence-corrected chi connectivity index (χ1v) is 11.7. The van der Waals surface area contributed by atoms with Gasteiger partial charge in [-0.05, 0) is 48.8 Å². The van der Waals surface area contributed by atoms with Crippen molar-refractivity contribution in [2.75, 3.05) is 0 Å². The SMILES string of the molecule is CC(c1ccccc1)c1nc2sc3c(c2c(=O)n1CCc1ccccc1)CCCC3. The van der Waals surface area contributed by atoms with E-state index in [-0.39, 0.29) is 11.5 Å². The molecule has 2 aromatic heterocycles. The Bertz CT molecular complexity index is 1220. The highest BCUT2D eigenvalue weighted by Gasteiger charge is 2.24. The fraction of sp³-hybridized carbons (Fsp3) is 0.308. The van der Waals surface area contributed by atoms with Crippen LogP contribution in [0.1, 0.15) is 53.1 Å². The van der Waals surface area contributed by atoms with Crippen LogP contribution in [0.25, 0.3) is 10.2 Å². The van der Waals surface area contributed by atoms with Crippen LogP contribution in [-0.4, -0.2) is 9.55 Å². The van der Waals surface area contributed by atoms with Gasteiger partial charge in [-0.2, -0.15) is 0 Å². The van der Waals surface area contributed by atoms with Gasteiger partial charge in [-0.15, -0.1) is 11.3 Å². The Morgan fingerprint density at radius 2 is 1.70 bits per heavy atom. The van der Waals surface area contributed by atoms with E-state index < -0.39 is 0 Å². The van der Waals surface area contributed by atoms with E-state index in [9.17, 15) is 4.79 Å². The first-order valence-electron chi connectivity index (χ1n) is 10.9. The van der Waals surface area contributed by atoms with Gasteiger partial charge in [0.1, 0.15) is 10.7 Å². The topological polar surface area (TPSA) is 34.9 Å². The van der Waals surface area contributed by atoms with E-state index in [1.807, 2.05) is 16.7 Å². The van der Waals surface area contributed by atoms with Crippen molar-refractivity contribution in [3.05, 3.63) is 98.4 Å². The maximum absolute atomic E-state index is 13.8. The summed E-state index contributed by atoms with van der Waals surface area (Å²) in [6, 6.07) is 20.8. The molecule has 1 unspecified atom stereocenters. The third kappa shape index (κ3) is 3.50. The van der Waals surface area contributed by atoms with Gasteiger partial charge in [0.05, 0.1) is 5.39 Å². The van der Waals surface area contributed by atoms with Crippen molar-refractivity contribution in [1.82, 2.24) is 9.55 Å². The maximum atomic E-state index is 13.8. The summed E-state index contributed by atoms with van der Waals surface area (Å²) in [7, 11) is 0. The number of fused-ring (bicyclic) bond motifs is 3. The predicted octanol–water partition coefficient (Wildman–Crippen LogP) is 5.73. The van der Waals surface area contributed by atoms with Gasteiger partial charge in [-0.25, -0.2) is 4.98 Å². The molecule has 1 aliphatic carbocycles. The summed E-state index contributed by atoms with van der Waals surface area (Å²) in [6.45, 7) is 2.82. The summed E-state index contributed by atoms with van der Waals surface area (Å²) < 4.78 is 1.95. The summed E-state index contributed by atoms with van der Waals surface area (Å²) in [5, 5.41) is 0.881. The number of thiophene rings is 1. The fourth-order valence-electron chi connectivity index (χ4n) is 4.58. The summed E-state index contributed by atoms with van der Waals surface area (Å²) in [5.41, 5.74) is 3.85. The minimum atomic E-state index is 0.0678. The molecule has 1 aliphatic rings. The molecule has 2 heterocycles. The van der Waals surface area contributed by atoms with Crippen molar-refractivity contribution < 1.29 is 0 Å². The largest absolute Gasteiger partial charge is 0.295 e. The second-order valence-electron chi connectivity index (χ2n) is 8.19. The number of hydrogen-bond donors (Lipinski definition) is 0. The lowest BCUT2D eigenvalue weighted by Gasteiger charge is -2.19. The van der Waals surface area contributed by atoms with Gasteiger partial charge < -0.3 is 0 Å². The van der Waals surface area contributed by atoms with E-state index in [0.29, 0.717) is 6.54 Å². The van der Waals surface area contributed by atoms with Crippen LogP contribution in [0.4, 0.5) is 0 Å². The van der Waals surface area contributed by atoms with E-state index in [1.165, 1.54) is 34.4 Å². The lowest BCUT2D eigenvalue weighted by Crippen LogP contribution is -2.28. The molecule has 2 aromatic carbocycles. The Hall–Kier alpha value is -2.72. The molecule has 4 heteroatoms. The maximum Gasteiger partial charge on any atom is 0.262 e. The van der Waals surface area contributed by atoms with Gasteiger partial charge in [0, 0.05) is 17.3 Å². The number of hydrogen-bond acceptors (Lipinski definition) is 3. The summed E-state index contributed by atoms with van der Waals surface area (Å²) in [6.07, 6.45) is 5.32. The normalized spacial score (nSPS) is 14.6. The van der Waals surface area contributed by atoms with Crippen LogP contribution < -0.4 is 5.56 Å². The van der Waals surface area contributed by atoms with Crippen LogP contribution in [-0.2, 0) is 25.8 Å². The highest BCUT2D eigenvalue weighted by Crippen LogP contribution is 2.35. The third-order valence-electron chi connectivity index (χ3n) is 6.26. The van der Waals surface area contributed by atoms with E-state index in [1.54, 1.807) is 11.3 Å². The van der Waals surface area contributed by atoms with E-state index >= 15 is 0 Å². The van der Waals surface area contributed by atoms with Gasteiger partial charge in [0.15, 0.2) is 0 Å². The Balaban J connectivity index is 1.65. The van der Waals surface area contributed by atoms with Crippen molar-refractivity contribution in [2.45, 2.75) is 51.5 Å². The molecule has 1 atom stereocenters. The number of aromatic nitrogens is 2. The molecule has 4 aromatic rings. The average molecular weight is 415 g/mol. The molecule has 30 heavy (non-hydrogen) atoms. The van der Waals surface area contributed by atoms with Gasteiger partial charge in [0.2, 0.25) is 0 Å². The van der Waals surface area contributed by atoms with Crippen LogP contribution in [0.15, 0.2) is 65.5 Å². The van der Waals surface area contributed by atoms with Crippen molar-refractivity contribution in [1.29, 1.82) is 0 Å². The molecule has 152 valence electrons. The minimum Gasteiger partial charge on any atom is -0.295 e. The summed E-state index contributed by atoms with van der Waals surface area (Å²) >= 11 is 1.74. The summed E-state index contributed by atoms with van der Waals surface area (Å²) in [4.78, 5) is 21.2. The molecule has 0 fully saturated rings. The van der Waals surface area contributed by atoms with Crippen LogP contribution in [0, 0.1) is 0 Å². The zero-order valence-corrected chi connectivity index (χ0v) is 18.1. The first-order chi connectivity index (χ1) is 14.7. The Kier molecular flexibility index (Phi) is 5.26. The zero-order valence-electron chi connectivity index (χ0n) is 17.3. The number of rotatable bonds is 5. The smallest absolute Gasteiger partial charge is 0.262 e. The molecule has 0 bridgehead atoms. The molecule has 0 N–H and O–H groups in total. The van der Waals surface area contributed by atoms with Gasteiger partial charge in [-0.1, -0.05) is 67.6 Å². The van der Waals surface area contributed by atoms with Crippen molar-refractivity contribution in [3.63, 3.8) is 0 Å². The zero-order chi connectivity index (χ0) is 20.5. The van der Waals surface area contributed by atoms with Crippen molar-refractivity contribution >= 4 is 21.6 Å².